The molecule has 1 atom stereocenters. The molecule has 3 heteroatoms. The molecule has 0 N–H and O–H groups in total. The molecule has 0 radical (unpaired) electrons. The second kappa shape index (κ2) is 7.53. The summed E-state index contributed by atoms with van der Waals surface area (Å²) in [6.07, 6.45) is 4.87. The van der Waals surface area contributed by atoms with Crippen molar-refractivity contribution in [3.63, 3.8) is 0 Å². The van der Waals surface area contributed by atoms with Crippen LogP contribution in [0.15, 0.2) is 30.3 Å². The van der Waals surface area contributed by atoms with Crippen LogP contribution in [-0.2, 0) is 18.0 Å². The van der Waals surface area contributed by atoms with E-state index in [2.05, 4.69) is 55.6 Å². The molecule has 0 saturated heterocycles. The number of unbranched alkanes of at least 4 members (excludes halogenated alkanes) is 1. The molecule has 0 aliphatic carbocycles. The Morgan fingerprint density at radius 2 is 1.88 bits per heavy atom. The van der Waals surface area contributed by atoms with Gasteiger partial charge >= 0.3 is 0 Å². The molecule has 16 heavy (non-hydrogen) atoms. The number of hydrogen-bond acceptors (Lipinski definition) is 2. The topological polar surface area (TPSA) is 0 Å². The molecule has 1 aromatic carbocycles. The molecule has 0 amide bonds. The zero-order valence-corrected chi connectivity index (χ0v) is 12.7. The number of benzene rings is 1. The summed E-state index contributed by atoms with van der Waals surface area (Å²) in [5.41, 5.74) is 1.41. The molecule has 0 saturated carbocycles. The third kappa shape index (κ3) is 5.03. The van der Waals surface area contributed by atoms with E-state index in [1.807, 2.05) is 0 Å². The molecular weight excluding hydrogens is 251 g/mol. The first-order valence-electron chi connectivity index (χ1n) is 5.96. The van der Waals surface area contributed by atoms with E-state index in [1.165, 1.54) is 30.3 Å². The van der Waals surface area contributed by atoms with Gasteiger partial charge < -0.3 is 0 Å². The lowest BCUT2D eigenvalue weighted by atomic mass is 10.2. The fourth-order valence-corrected chi connectivity index (χ4v) is 7.27. The van der Waals surface area contributed by atoms with Gasteiger partial charge in [-0.2, -0.15) is 0 Å². The highest BCUT2D eigenvalue weighted by molar-refractivity contribution is 8.70. The van der Waals surface area contributed by atoms with Gasteiger partial charge in [-0.1, -0.05) is 62.4 Å². The van der Waals surface area contributed by atoms with Gasteiger partial charge in [0.1, 0.15) is 0 Å². The largest absolute Gasteiger partial charge is 0.124 e. The maximum Gasteiger partial charge on any atom is 0.0104 e. The molecule has 0 fully saturated rings. The van der Waals surface area contributed by atoms with Crippen LogP contribution in [-0.4, -0.2) is 11.9 Å². The predicted octanol–water partition coefficient (Wildman–Crippen LogP) is 5.13. The minimum absolute atomic E-state index is 1.12. The third-order valence-corrected chi connectivity index (χ3v) is 10.6. The molecule has 1 unspecified atom stereocenters. The Balaban J connectivity index is 2.56. The average molecular weight is 272 g/mol. The molecule has 0 heterocycles. The second-order valence-corrected chi connectivity index (χ2v) is 12.9. The van der Waals surface area contributed by atoms with Crippen LogP contribution >= 0.6 is 16.6 Å². The van der Waals surface area contributed by atoms with Gasteiger partial charge in [0.15, 0.2) is 0 Å². The van der Waals surface area contributed by atoms with Crippen molar-refractivity contribution >= 4 is 28.4 Å². The Labute approximate surface area is 109 Å². The van der Waals surface area contributed by atoms with Crippen molar-refractivity contribution in [2.24, 2.45) is 0 Å². The van der Waals surface area contributed by atoms with Crippen LogP contribution < -0.4 is 0 Å². The van der Waals surface area contributed by atoms with Crippen molar-refractivity contribution < 1.29 is 0 Å². The van der Waals surface area contributed by atoms with Crippen molar-refractivity contribution in [2.75, 3.05) is 11.9 Å². The van der Waals surface area contributed by atoms with E-state index in [-0.39, 0.29) is 0 Å². The Bertz CT molecular complexity index is 335. The molecule has 0 aliphatic rings. The number of rotatable bonds is 7. The van der Waals surface area contributed by atoms with Crippen molar-refractivity contribution in [1.82, 2.24) is 0 Å². The lowest BCUT2D eigenvalue weighted by Gasteiger charge is -2.19. The Hall–Kier alpha value is 0.220. The summed E-state index contributed by atoms with van der Waals surface area (Å²) in [6.45, 7) is 4.50. The predicted molar refractivity (Wildman–Crippen MR) is 82.3 cm³/mol. The lowest BCUT2D eigenvalue weighted by molar-refractivity contribution is 0.898. The SMILES string of the molecule is CCCCSP(=S)(CC)Cc1ccccc1. The molecule has 0 bridgehead atoms. The van der Waals surface area contributed by atoms with E-state index in [9.17, 15) is 0 Å². The molecular formula is C13H21PS2. The second-order valence-electron chi connectivity index (χ2n) is 3.96. The highest BCUT2D eigenvalue weighted by atomic mass is 32.9. The van der Waals surface area contributed by atoms with E-state index in [0.717, 1.165) is 6.16 Å². The smallest absolute Gasteiger partial charge is 0.0104 e. The quantitative estimate of drug-likeness (QED) is 0.498. The molecule has 0 spiro atoms. The van der Waals surface area contributed by atoms with Gasteiger partial charge in [-0.15, -0.1) is 11.4 Å². The van der Waals surface area contributed by atoms with Gasteiger partial charge in [-0.05, 0) is 23.9 Å². The van der Waals surface area contributed by atoms with Gasteiger partial charge in [0.05, 0.1) is 0 Å². The van der Waals surface area contributed by atoms with Gasteiger partial charge in [-0.3, -0.25) is 0 Å². The summed E-state index contributed by atoms with van der Waals surface area (Å²) in [6, 6.07) is 10.7. The summed E-state index contributed by atoms with van der Waals surface area (Å²) < 4.78 is 0. The third-order valence-electron chi connectivity index (χ3n) is 2.57. The van der Waals surface area contributed by atoms with Crippen LogP contribution in [0.25, 0.3) is 0 Å². The van der Waals surface area contributed by atoms with Crippen molar-refractivity contribution in [3.8, 4) is 0 Å². The summed E-state index contributed by atoms with van der Waals surface area (Å²) in [7, 11) is 0. The minimum Gasteiger partial charge on any atom is -0.124 e. The van der Waals surface area contributed by atoms with Crippen LogP contribution in [0.5, 0.6) is 0 Å². The molecule has 90 valence electrons. The normalized spacial score (nSPS) is 14.6. The van der Waals surface area contributed by atoms with Crippen molar-refractivity contribution in [3.05, 3.63) is 35.9 Å². The highest BCUT2D eigenvalue weighted by Gasteiger charge is 2.15. The average Bonchev–Trinajstić information content (AvgIpc) is 2.31. The monoisotopic (exact) mass is 272 g/mol. The highest BCUT2D eigenvalue weighted by Crippen LogP contribution is 2.61. The summed E-state index contributed by atoms with van der Waals surface area (Å²) in [4.78, 5) is 0. The van der Waals surface area contributed by atoms with Gasteiger partial charge in [0.2, 0.25) is 0 Å². The van der Waals surface area contributed by atoms with E-state index in [0.29, 0.717) is 0 Å². The first-order valence-corrected chi connectivity index (χ1v) is 10.7. The van der Waals surface area contributed by atoms with E-state index in [4.69, 9.17) is 11.8 Å². The van der Waals surface area contributed by atoms with Crippen LogP contribution in [0, 0.1) is 0 Å². The van der Waals surface area contributed by atoms with E-state index >= 15 is 0 Å². The summed E-state index contributed by atoms with van der Waals surface area (Å²) in [5, 5.41) is -1.20. The molecule has 0 aromatic heterocycles. The van der Waals surface area contributed by atoms with Crippen LogP contribution in [0.4, 0.5) is 0 Å². The van der Waals surface area contributed by atoms with E-state index < -0.39 is 5.24 Å². The zero-order chi connectivity index (χ0) is 11.9. The maximum atomic E-state index is 5.87. The molecule has 1 aromatic rings. The first kappa shape index (κ1) is 14.3. The summed E-state index contributed by atoms with van der Waals surface area (Å²) in [5.74, 6) is 1.24. The fraction of sp³-hybridized carbons (Fsp3) is 0.538. The lowest BCUT2D eigenvalue weighted by Crippen LogP contribution is -1.89. The molecule has 1 rings (SSSR count). The van der Waals surface area contributed by atoms with Crippen LogP contribution in [0.2, 0.25) is 0 Å². The fourth-order valence-electron chi connectivity index (χ4n) is 1.49. The van der Waals surface area contributed by atoms with E-state index in [1.54, 1.807) is 0 Å². The standard InChI is InChI=1S/C13H21PS2/c1-3-5-11-16-14(15,4-2)12-13-9-7-6-8-10-13/h6-10H,3-5,11-12H2,1-2H3. The van der Waals surface area contributed by atoms with Crippen LogP contribution in [0.1, 0.15) is 32.3 Å². The minimum atomic E-state index is -1.20. The van der Waals surface area contributed by atoms with Crippen molar-refractivity contribution in [1.29, 1.82) is 0 Å². The van der Waals surface area contributed by atoms with Gasteiger partial charge in [-0.25, -0.2) is 0 Å². The Morgan fingerprint density at radius 1 is 1.19 bits per heavy atom. The first-order chi connectivity index (χ1) is 7.70. The maximum absolute atomic E-state index is 5.87. The van der Waals surface area contributed by atoms with Gasteiger partial charge in [0, 0.05) is 11.4 Å². The molecule has 0 nitrogen and oxygen atoms in total. The summed E-state index contributed by atoms with van der Waals surface area (Å²) >= 11 is 7.94. The zero-order valence-electron chi connectivity index (χ0n) is 10.2. The Kier molecular flexibility index (Phi) is 6.72. The van der Waals surface area contributed by atoms with Crippen molar-refractivity contribution in [2.45, 2.75) is 32.9 Å². The Morgan fingerprint density at radius 3 is 2.44 bits per heavy atom. The molecule has 0 aliphatic heterocycles. The van der Waals surface area contributed by atoms with Crippen LogP contribution in [0.3, 0.4) is 0 Å². The van der Waals surface area contributed by atoms with Gasteiger partial charge in [0.25, 0.3) is 0 Å². The number of hydrogen-bond donors (Lipinski definition) is 0.